The van der Waals surface area contributed by atoms with E-state index in [4.69, 9.17) is 4.42 Å². The molecule has 1 aromatic carbocycles. The summed E-state index contributed by atoms with van der Waals surface area (Å²) in [5.74, 6) is 0.806. The van der Waals surface area contributed by atoms with Crippen LogP contribution in [0.2, 0.25) is 0 Å². The number of hydrogen-bond donors (Lipinski definition) is 1. The molecule has 0 saturated carbocycles. The van der Waals surface area contributed by atoms with E-state index in [-0.39, 0.29) is 11.8 Å². The predicted molar refractivity (Wildman–Crippen MR) is 96.5 cm³/mol. The second kappa shape index (κ2) is 7.38. The van der Waals surface area contributed by atoms with Crippen LogP contribution in [0.25, 0.3) is 0 Å². The number of carbonyl (C=O) groups is 1. The molecule has 25 heavy (non-hydrogen) atoms. The molecule has 0 aliphatic heterocycles. The van der Waals surface area contributed by atoms with Gasteiger partial charge in [-0.15, -0.1) is 0 Å². The molecule has 0 bridgehead atoms. The molecule has 0 aliphatic carbocycles. The van der Waals surface area contributed by atoms with Gasteiger partial charge in [0.1, 0.15) is 5.76 Å². The van der Waals surface area contributed by atoms with Gasteiger partial charge in [0.15, 0.2) is 0 Å². The number of nitrogens with one attached hydrogen (secondary N) is 1. The summed E-state index contributed by atoms with van der Waals surface area (Å²) in [6.45, 7) is 7.07. The van der Waals surface area contributed by atoms with E-state index in [2.05, 4.69) is 36.4 Å². The third-order valence-corrected chi connectivity index (χ3v) is 4.12. The Hall–Kier alpha value is -2.82. The Kier molecular flexibility index (Phi) is 5.03. The quantitative estimate of drug-likeness (QED) is 0.742. The molecule has 2 heterocycles. The van der Waals surface area contributed by atoms with Gasteiger partial charge >= 0.3 is 0 Å². The Balaban J connectivity index is 1.86. The van der Waals surface area contributed by atoms with Crippen LogP contribution in [0, 0.1) is 6.92 Å². The minimum Gasteiger partial charge on any atom is -0.467 e. The van der Waals surface area contributed by atoms with Gasteiger partial charge in [-0.1, -0.05) is 44.2 Å². The topological polar surface area (TPSA) is 60.1 Å². The zero-order valence-corrected chi connectivity index (χ0v) is 14.8. The first-order chi connectivity index (χ1) is 12.1. The fourth-order valence-electron chi connectivity index (χ4n) is 3.01. The lowest BCUT2D eigenvalue weighted by Crippen LogP contribution is -2.24. The van der Waals surface area contributed by atoms with Crippen molar-refractivity contribution in [1.29, 1.82) is 0 Å². The number of rotatable bonds is 6. The molecule has 0 fully saturated rings. The summed E-state index contributed by atoms with van der Waals surface area (Å²) >= 11 is 0. The normalized spacial score (nSPS) is 11.0. The zero-order valence-electron chi connectivity index (χ0n) is 14.8. The number of aryl methyl sites for hydroxylation is 1. The highest BCUT2D eigenvalue weighted by Gasteiger charge is 2.23. The maximum absolute atomic E-state index is 12.7. The van der Waals surface area contributed by atoms with Crippen LogP contribution in [-0.2, 0) is 13.1 Å². The molecule has 0 unspecified atom stereocenters. The Morgan fingerprint density at radius 3 is 2.60 bits per heavy atom. The van der Waals surface area contributed by atoms with Crippen LogP contribution in [0.4, 0.5) is 0 Å². The summed E-state index contributed by atoms with van der Waals surface area (Å²) < 4.78 is 7.22. The van der Waals surface area contributed by atoms with Crippen LogP contribution in [-0.4, -0.2) is 15.7 Å². The van der Waals surface area contributed by atoms with E-state index >= 15 is 0 Å². The summed E-state index contributed by atoms with van der Waals surface area (Å²) in [6, 6.07) is 13.8. The number of furan rings is 1. The summed E-state index contributed by atoms with van der Waals surface area (Å²) in [4.78, 5) is 12.7. The number of hydrogen-bond acceptors (Lipinski definition) is 3. The van der Waals surface area contributed by atoms with E-state index < -0.39 is 0 Å². The molecule has 0 saturated heterocycles. The molecule has 0 radical (unpaired) electrons. The van der Waals surface area contributed by atoms with Crippen molar-refractivity contribution in [2.45, 2.75) is 39.8 Å². The van der Waals surface area contributed by atoms with E-state index in [0.29, 0.717) is 18.7 Å². The summed E-state index contributed by atoms with van der Waals surface area (Å²) in [7, 11) is 0. The van der Waals surface area contributed by atoms with Crippen LogP contribution in [0.1, 0.15) is 52.8 Å². The molecule has 1 amide bonds. The van der Waals surface area contributed by atoms with Crippen LogP contribution < -0.4 is 5.32 Å². The van der Waals surface area contributed by atoms with Gasteiger partial charge in [-0.2, -0.15) is 5.10 Å². The lowest BCUT2D eigenvalue weighted by molar-refractivity contribution is 0.0946. The molecular formula is C20H23N3O2. The third kappa shape index (κ3) is 3.82. The maximum Gasteiger partial charge on any atom is 0.255 e. The van der Waals surface area contributed by atoms with E-state index in [1.165, 1.54) is 0 Å². The average Bonchev–Trinajstić information content (AvgIpc) is 3.21. The molecule has 5 heteroatoms. The summed E-state index contributed by atoms with van der Waals surface area (Å²) in [5, 5.41) is 7.55. The number of benzene rings is 1. The highest BCUT2D eigenvalue weighted by atomic mass is 16.3. The maximum atomic E-state index is 12.7. The van der Waals surface area contributed by atoms with Crippen molar-refractivity contribution in [1.82, 2.24) is 15.1 Å². The first-order valence-electron chi connectivity index (χ1n) is 8.48. The van der Waals surface area contributed by atoms with Gasteiger partial charge in [-0.25, -0.2) is 0 Å². The fourth-order valence-corrected chi connectivity index (χ4v) is 3.01. The zero-order chi connectivity index (χ0) is 17.8. The number of nitrogens with zero attached hydrogens (tertiary/aromatic N) is 2. The monoisotopic (exact) mass is 337 g/mol. The van der Waals surface area contributed by atoms with Crippen molar-refractivity contribution in [3.05, 3.63) is 77.0 Å². The van der Waals surface area contributed by atoms with Crippen LogP contribution >= 0.6 is 0 Å². The first kappa shape index (κ1) is 17.0. The lowest BCUT2D eigenvalue weighted by atomic mass is 10.0. The minimum absolute atomic E-state index is 0.114. The van der Waals surface area contributed by atoms with Crippen molar-refractivity contribution in [3.8, 4) is 0 Å². The fraction of sp³-hybridized carbons (Fsp3) is 0.300. The molecular weight excluding hydrogens is 314 g/mol. The second-order valence-corrected chi connectivity index (χ2v) is 6.41. The van der Waals surface area contributed by atoms with Gasteiger partial charge in [-0.05, 0) is 30.5 Å². The van der Waals surface area contributed by atoms with Gasteiger partial charge in [0.2, 0.25) is 0 Å². The van der Waals surface area contributed by atoms with E-state index in [0.717, 1.165) is 22.7 Å². The smallest absolute Gasteiger partial charge is 0.255 e. The molecule has 130 valence electrons. The number of amides is 1. The summed E-state index contributed by atoms with van der Waals surface area (Å²) in [5.41, 5.74) is 3.53. The third-order valence-electron chi connectivity index (χ3n) is 4.12. The first-order valence-corrected chi connectivity index (χ1v) is 8.48. The summed E-state index contributed by atoms with van der Waals surface area (Å²) in [6.07, 6.45) is 1.60. The molecule has 0 spiro atoms. The van der Waals surface area contributed by atoms with Crippen molar-refractivity contribution in [2.24, 2.45) is 0 Å². The standard InChI is InChI=1S/C20H23N3O2/c1-14(2)19-18(20(24)21-12-17-10-7-11-25-17)15(3)22-23(19)13-16-8-5-4-6-9-16/h4-11,14H,12-13H2,1-3H3,(H,21,24). The molecule has 1 N–H and O–H groups in total. The van der Waals surface area contributed by atoms with Gasteiger partial charge in [-0.3, -0.25) is 9.48 Å². The average molecular weight is 337 g/mol. The molecule has 3 aromatic rings. The largest absolute Gasteiger partial charge is 0.467 e. The molecule has 5 nitrogen and oxygen atoms in total. The Bertz CT molecular complexity index is 833. The van der Waals surface area contributed by atoms with Crippen LogP contribution in [0.5, 0.6) is 0 Å². The van der Waals surface area contributed by atoms with Crippen LogP contribution in [0.15, 0.2) is 53.1 Å². The number of carbonyl (C=O) groups excluding carboxylic acids is 1. The minimum atomic E-state index is -0.114. The van der Waals surface area contributed by atoms with Gasteiger partial charge in [0.05, 0.1) is 36.3 Å². The number of aromatic nitrogens is 2. The molecule has 2 aromatic heterocycles. The highest BCUT2D eigenvalue weighted by Crippen LogP contribution is 2.24. The van der Waals surface area contributed by atoms with Gasteiger partial charge < -0.3 is 9.73 Å². The predicted octanol–water partition coefficient (Wildman–Crippen LogP) is 3.89. The van der Waals surface area contributed by atoms with E-state index in [1.54, 1.807) is 6.26 Å². The molecule has 0 atom stereocenters. The van der Waals surface area contributed by atoms with Gasteiger partial charge in [0, 0.05) is 0 Å². The SMILES string of the molecule is Cc1nn(Cc2ccccc2)c(C(C)C)c1C(=O)NCc1ccco1. The second-order valence-electron chi connectivity index (χ2n) is 6.41. The van der Waals surface area contributed by atoms with E-state index in [9.17, 15) is 4.79 Å². The van der Waals surface area contributed by atoms with Crippen molar-refractivity contribution < 1.29 is 9.21 Å². The Labute approximate surface area is 147 Å². The van der Waals surface area contributed by atoms with Crippen molar-refractivity contribution >= 4 is 5.91 Å². The van der Waals surface area contributed by atoms with Gasteiger partial charge in [0.25, 0.3) is 5.91 Å². The molecule has 0 aliphatic rings. The van der Waals surface area contributed by atoms with Crippen LogP contribution in [0.3, 0.4) is 0 Å². The Morgan fingerprint density at radius 2 is 1.96 bits per heavy atom. The highest BCUT2D eigenvalue weighted by molar-refractivity contribution is 5.96. The lowest BCUT2D eigenvalue weighted by Gasteiger charge is -2.13. The Morgan fingerprint density at radius 1 is 1.20 bits per heavy atom. The molecule has 3 rings (SSSR count). The van der Waals surface area contributed by atoms with Crippen molar-refractivity contribution in [3.63, 3.8) is 0 Å². The van der Waals surface area contributed by atoms with Crippen molar-refractivity contribution in [2.75, 3.05) is 0 Å². The van der Waals surface area contributed by atoms with E-state index in [1.807, 2.05) is 41.9 Å².